The van der Waals surface area contributed by atoms with Crippen LogP contribution < -0.4 is 5.32 Å². The maximum Gasteiger partial charge on any atom is 0.137 e. The molecule has 0 bridgehead atoms. The van der Waals surface area contributed by atoms with E-state index in [2.05, 4.69) is 24.1 Å². The van der Waals surface area contributed by atoms with E-state index in [1.807, 2.05) is 0 Å². The molecule has 2 aromatic rings. The third-order valence-electron chi connectivity index (χ3n) is 3.16. The molecule has 1 heterocycles. The Morgan fingerprint density at radius 1 is 1.29 bits per heavy atom. The Morgan fingerprint density at radius 2 is 2.10 bits per heavy atom. The molecule has 0 aliphatic rings. The van der Waals surface area contributed by atoms with Crippen molar-refractivity contribution in [2.45, 2.75) is 39.7 Å². The summed E-state index contributed by atoms with van der Waals surface area (Å²) >= 11 is 1.53. The lowest BCUT2D eigenvalue weighted by atomic mass is 10.2. The molecule has 3 nitrogen and oxygen atoms in total. The van der Waals surface area contributed by atoms with Gasteiger partial charge in [0.25, 0.3) is 0 Å². The summed E-state index contributed by atoms with van der Waals surface area (Å²) in [6.07, 6.45) is 3.00. The molecule has 0 unspecified atom stereocenters. The number of aromatic nitrogens is 1. The lowest BCUT2D eigenvalue weighted by molar-refractivity contribution is 0.469. The molecule has 0 aliphatic carbocycles. The monoisotopic (exact) mass is 308 g/mol. The molecule has 1 aromatic carbocycles. The Labute approximate surface area is 128 Å². The van der Waals surface area contributed by atoms with E-state index in [0.29, 0.717) is 10.6 Å². The first-order chi connectivity index (χ1) is 10.2. The van der Waals surface area contributed by atoms with Gasteiger partial charge in [0.15, 0.2) is 0 Å². The second kappa shape index (κ2) is 7.52. The fourth-order valence-electron chi connectivity index (χ4n) is 2.12. The van der Waals surface area contributed by atoms with E-state index in [9.17, 15) is 9.50 Å². The van der Waals surface area contributed by atoms with Crippen molar-refractivity contribution in [3.63, 3.8) is 0 Å². The molecular formula is C16H21FN2OS. The number of phenols is 1. The number of hydrogen-bond acceptors (Lipinski definition) is 4. The van der Waals surface area contributed by atoms with Gasteiger partial charge in [0.2, 0.25) is 0 Å². The second-order valence-corrected chi connectivity index (χ2v) is 6.06. The van der Waals surface area contributed by atoms with E-state index in [4.69, 9.17) is 0 Å². The van der Waals surface area contributed by atoms with Crippen LogP contribution in [-0.4, -0.2) is 16.6 Å². The molecule has 2 N–H and O–H groups in total. The highest BCUT2D eigenvalue weighted by Gasteiger charge is 2.15. The predicted molar refractivity (Wildman–Crippen MR) is 85.2 cm³/mol. The Morgan fingerprint density at radius 3 is 2.76 bits per heavy atom. The number of benzene rings is 1. The summed E-state index contributed by atoms with van der Waals surface area (Å²) < 4.78 is 14.0. The van der Waals surface area contributed by atoms with Crippen LogP contribution in [0.3, 0.4) is 0 Å². The SMILES string of the molecule is CCCNCc1sc(-c2ccc(O)cc2F)nc1CCC. The van der Waals surface area contributed by atoms with E-state index in [1.165, 1.54) is 22.3 Å². The third-order valence-corrected chi connectivity index (χ3v) is 4.29. The fraction of sp³-hybridized carbons (Fsp3) is 0.438. The number of nitrogens with one attached hydrogen (secondary N) is 1. The molecule has 21 heavy (non-hydrogen) atoms. The van der Waals surface area contributed by atoms with Crippen molar-refractivity contribution in [1.29, 1.82) is 0 Å². The zero-order valence-corrected chi connectivity index (χ0v) is 13.3. The van der Waals surface area contributed by atoms with Gasteiger partial charge < -0.3 is 10.4 Å². The average Bonchev–Trinajstić information content (AvgIpc) is 2.82. The smallest absolute Gasteiger partial charge is 0.137 e. The summed E-state index contributed by atoms with van der Waals surface area (Å²) in [5.74, 6) is -0.494. The van der Waals surface area contributed by atoms with Crippen LogP contribution in [0.1, 0.15) is 37.3 Å². The van der Waals surface area contributed by atoms with Gasteiger partial charge in [-0.05, 0) is 31.5 Å². The maximum absolute atomic E-state index is 14.0. The van der Waals surface area contributed by atoms with Gasteiger partial charge in [0, 0.05) is 23.1 Å². The minimum atomic E-state index is -0.431. The molecular weight excluding hydrogens is 287 g/mol. The summed E-state index contributed by atoms with van der Waals surface area (Å²) in [5, 5.41) is 13.4. The van der Waals surface area contributed by atoms with Crippen molar-refractivity contribution >= 4 is 11.3 Å². The molecule has 0 fully saturated rings. The van der Waals surface area contributed by atoms with Crippen LogP contribution in [-0.2, 0) is 13.0 Å². The first-order valence-corrected chi connectivity index (χ1v) is 8.15. The minimum Gasteiger partial charge on any atom is -0.508 e. The van der Waals surface area contributed by atoms with Crippen molar-refractivity contribution in [2.24, 2.45) is 0 Å². The van der Waals surface area contributed by atoms with Gasteiger partial charge in [-0.15, -0.1) is 11.3 Å². The lowest BCUT2D eigenvalue weighted by Gasteiger charge is -2.02. The van der Waals surface area contributed by atoms with Crippen molar-refractivity contribution in [3.8, 4) is 16.3 Å². The second-order valence-electron chi connectivity index (χ2n) is 4.98. The molecule has 0 radical (unpaired) electrons. The number of nitrogens with zero attached hydrogens (tertiary/aromatic N) is 1. The number of rotatable bonds is 7. The normalized spacial score (nSPS) is 11.0. The van der Waals surface area contributed by atoms with Gasteiger partial charge in [-0.3, -0.25) is 0 Å². The lowest BCUT2D eigenvalue weighted by Crippen LogP contribution is -2.13. The van der Waals surface area contributed by atoms with Crippen LogP contribution in [0.15, 0.2) is 18.2 Å². The topological polar surface area (TPSA) is 45.1 Å². The molecule has 0 atom stereocenters. The number of hydrogen-bond donors (Lipinski definition) is 2. The van der Waals surface area contributed by atoms with Crippen molar-refractivity contribution in [3.05, 3.63) is 34.6 Å². The molecule has 0 spiro atoms. The number of thiazole rings is 1. The zero-order chi connectivity index (χ0) is 15.2. The van der Waals surface area contributed by atoms with Crippen LogP contribution in [0.5, 0.6) is 5.75 Å². The highest BCUT2D eigenvalue weighted by Crippen LogP contribution is 2.32. The van der Waals surface area contributed by atoms with E-state index in [1.54, 1.807) is 6.07 Å². The average molecular weight is 308 g/mol. The van der Waals surface area contributed by atoms with Crippen molar-refractivity contribution in [2.75, 3.05) is 6.54 Å². The highest BCUT2D eigenvalue weighted by atomic mass is 32.1. The number of phenolic OH excluding ortho intramolecular Hbond substituents is 1. The molecule has 5 heteroatoms. The summed E-state index contributed by atoms with van der Waals surface area (Å²) in [6.45, 7) is 5.99. The molecule has 0 aliphatic heterocycles. The molecule has 0 saturated carbocycles. The van der Waals surface area contributed by atoms with Crippen molar-refractivity contribution < 1.29 is 9.50 Å². The van der Waals surface area contributed by atoms with Gasteiger partial charge in [-0.1, -0.05) is 20.3 Å². The molecule has 2 rings (SSSR count). The standard InChI is InChI=1S/C16H21FN2OS/c1-3-5-14-15(10-18-8-4-2)21-16(19-14)12-7-6-11(20)9-13(12)17/h6-7,9,18,20H,3-5,8,10H2,1-2H3. The van der Waals surface area contributed by atoms with Gasteiger partial charge in [0.1, 0.15) is 16.6 Å². The van der Waals surface area contributed by atoms with Crippen LogP contribution >= 0.6 is 11.3 Å². The maximum atomic E-state index is 14.0. The Balaban J connectivity index is 2.29. The number of aryl methyl sites for hydroxylation is 1. The Kier molecular flexibility index (Phi) is 5.70. The Bertz CT molecular complexity index is 598. The van der Waals surface area contributed by atoms with Gasteiger partial charge in [-0.25, -0.2) is 9.37 Å². The molecule has 0 saturated heterocycles. The molecule has 1 aromatic heterocycles. The van der Waals surface area contributed by atoms with E-state index < -0.39 is 5.82 Å². The third kappa shape index (κ3) is 4.02. The first kappa shape index (κ1) is 15.9. The van der Waals surface area contributed by atoms with E-state index in [-0.39, 0.29) is 5.75 Å². The zero-order valence-electron chi connectivity index (χ0n) is 12.4. The van der Waals surface area contributed by atoms with Crippen LogP contribution in [0.25, 0.3) is 10.6 Å². The first-order valence-electron chi connectivity index (χ1n) is 7.33. The van der Waals surface area contributed by atoms with E-state index in [0.717, 1.165) is 44.1 Å². The summed E-state index contributed by atoms with van der Waals surface area (Å²) in [5.41, 5.74) is 1.51. The predicted octanol–water partition coefficient (Wildman–Crippen LogP) is 4.11. The highest BCUT2D eigenvalue weighted by molar-refractivity contribution is 7.15. The molecule has 114 valence electrons. The number of aromatic hydroxyl groups is 1. The quantitative estimate of drug-likeness (QED) is 0.757. The van der Waals surface area contributed by atoms with Crippen LogP contribution in [0, 0.1) is 5.82 Å². The van der Waals surface area contributed by atoms with Crippen molar-refractivity contribution in [1.82, 2.24) is 10.3 Å². The van der Waals surface area contributed by atoms with Gasteiger partial charge in [-0.2, -0.15) is 0 Å². The fourth-order valence-corrected chi connectivity index (χ4v) is 3.23. The van der Waals surface area contributed by atoms with Crippen LogP contribution in [0.4, 0.5) is 4.39 Å². The Hall–Kier alpha value is -1.46. The van der Waals surface area contributed by atoms with Gasteiger partial charge >= 0.3 is 0 Å². The van der Waals surface area contributed by atoms with E-state index >= 15 is 0 Å². The number of halogens is 1. The van der Waals surface area contributed by atoms with Crippen LogP contribution in [0.2, 0.25) is 0 Å². The summed E-state index contributed by atoms with van der Waals surface area (Å²) in [6, 6.07) is 4.21. The van der Waals surface area contributed by atoms with Gasteiger partial charge in [0.05, 0.1) is 5.69 Å². The largest absolute Gasteiger partial charge is 0.508 e. The molecule has 0 amide bonds. The minimum absolute atomic E-state index is 0.0635. The summed E-state index contributed by atoms with van der Waals surface area (Å²) in [4.78, 5) is 5.77. The summed E-state index contributed by atoms with van der Waals surface area (Å²) in [7, 11) is 0.